The fourth-order valence-electron chi connectivity index (χ4n) is 1.54. The molecule has 0 radical (unpaired) electrons. The summed E-state index contributed by atoms with van der Waals surface area (Å²) in [6.45, 7) is 2.29. The number of nitrogens with one attached hydrogen (secondary N) is 2. The standard InChI is InChI=1S/C11H14ClN3O/c1-16-5-4-13-7-8-6-9-10(12)2-3-14-11(9)15-8/h2-3,6,13H,4-5,7H2,1H3,(H,14,15). The molecule has 2 rings (SSSR count). The van der Waals surface area contributed by atoms with E-state index in [9.17, 15) is 0 Å². The van der Waals surface area contributed by atoms with Gasteiger partial charge in [-0.15, -0.1) is 0 Å². The van der Waals surface area contributed by atoms with Crippen molar-refractivity contribution in [3.05, 3.63) is 29.0 Å². The zero-order chi connectivity index (χ0) is 11.4. The highest BCUT2D eigenvalue weighted by molar-refractivity contribution is 6.35. The lowest BCUT2D eigenvalue weighted by molar-refractivity contribution is 0.199. The van der Waals surface area contributed by atoms with Gasteiger partial charge < -0.3 is 15.0 Å². The Hall–Kier alpha value is -1.10. The van der Waals surface area contributed by atoms with Crippen LogP contribution in [-0.2, 0) is 11.3 Å². The van der Waals surface area contributed by atoms with E-state index in [0.717, 1.165) is 34.8 Å². The quantitative estimate of drug-likeness (QED) is 0.785. The molecule has 0 spiro atoms. The number of ether oxygens (including phenoxy) is 1. The van der Waals surface area contributed by atoms with E-state index in [2.05, 4.69) is 15.3 Å². The molecule has 0 atom stereocenters. The van der Waals surface area contributed by atoms with E-state index in [1.807, 2.05) is 6.07 Å². The van der Waals surface area contributed by atoms with Gasteiger partial charge in [-0.3, -0.25) is 0 Å². The van der Waals surface area contributed by atoms with E-state index in [1.54, 1.807) is 19.4 Å². The summed E-state index contributed by atoms with van der Waals surface area (Å²) in [5.74, 6) is 0. The van der Waals surface area contributed by atoms with Gasteiger partial charge in [-0.1, -0.05) is 11.6 Å². The van der Waals surface area contributed by atoms with Crippen LogP contribution in [0.1, 0.15) is 5.69 Å². The van der Waals surface area contributed by atoms with Gasteiger partial charge in [-0.2, -0.15) is 0 Å². The molecule has 2 heterocycles. The zero-order valence-corrected chi connectivity index (χ0v) is 9.84. The fraction of sp³-hybridized carbons (Fsp3) is 0.364. The molecule has 2 N–H and O–H groups in total. The Labute approximate surface area is 99.0 Å². The van der Waals surface area contributed by atoms with E-state index in [-0.39, 0.29) is 0 Å². The van der Waals surface area contributed by atoms with Crippen LogP contribution in [0.25, 0.3) is 11.0 Å². The van der Waals surface area contributed by atoms with E-state index >= 15 is 0 Å². The van der Waals surface area contributed by atoms with E-state index in [1.165, 1.54) is 0 Å². The number of fused-ring (bicyclic) bond motifs is 1. The van der Waals surface area contributed by atoms with E-state index in [4.69, 9.17) is 16.3 Å². The molecule has 0 bridgehead atoms. The van der Waals surface area contributed by atoms with Crippen LogP contribution in [0.2, 0.25) is 5.02 Å². The molecule has 86 valence electrons. The summed E-state index contributed by atoms with van der Waals surface area (Å²) in [5, 5.41) is 4.95. The third-order valence-electron chi connectivity index (χ3n) is 2.33. The second-order valence-electron chi connectivity index (χ2n) is 3.52. The molecule has 0 aliphatic rings. The van der Waals surface area contributed by atoms with Crippen LogP contribution in [0, 0.1) is 0 Å². The number of pyridine rings is 1. The Balaban J connectivity index is 2.05. The van der Waals surface area contributed by atoms with Crippen LogP contribution in [-0.4, -0.2) is 30.2 Å². The highest BCUT2D eigenvalue weighted by Crippen LogP contribution is 2.21. The Morgan fingerprint density at radius 3 is 3.19 bits per heavy atom. The van der Waals surface area contributed by atoms with Gasteiger partial charge in [0.25, 0.3) is 0 Å². The zero-order valence-electron chi connectivity index (χ0n) is 9.09. The van der Waals surface area contributed by atoms with Crippen LogP contribution < -0.4 is 5.32 Å². The molecule has 2 aromatic rings. The van der Waals surface area contributed by atoms with Gasteiger partial charge in [0.05, 0.1) is 11.6 Å². The minimum Gasteiger partial charge on any atom is -0.383 e. The first-order valence-electron chi connectivity index (χ1n) is 5.13. The van der Waals surface area contributed by atoms with Crippen LogP contribution >= 0.6 is 11.6 Å². The second kappa shape index (κ2) is 5.30. The molecule has 5 heteroatoms. The Kier molecular flexibility index (Phi) is 3.77. The SMILES string of the molecule is COCCNCc1cc2c(Cl)ccnc2[nH]1. The Morgan fingerprint density at radius 2 is 2.44 bits per heavy atom. The predicted octanol–water partition coefficient (Wildman–Crippen LogP) is 1.95. The topological polar surface area (TPSA) is 49.9 Å². The number of hydrogen-bond acceptors (Lipinski definition) is 3. The molecule has 0 unspecified atom stereocenters. The monoisotopic (exact) mass is 239 g/mol. The summed E-state index contributed by atoms with van der Waals surface area (Å²) in [4.78, 5) is 7.43. The third kappa shape index (κ3) is 2.52. The van der Waals surface area contributed by atoms with Crippen molar-refractivity contribution < 1.29 is 4.74 Å². The molecule has 0 saturated carbocycles. The van der Waals surface area contributed by atoms with Gasteiger partial charge in [0.15, 0.2) is 0 Å². The van der Waals surface area contributed by atoms with Crippen molar-refractivity contribution in [3.63, 3.8) is 0 Å². The van der Waals surface area contributed by atoms with Gasteiger partial charge in [-0.05, 0) is 12.1 Å². The van der Waals surface area contributed by atoms with Crippen molar-refractivity contribution in [1.29, 1.82) is 0 Å². The van der Waals surface area contributed by atoms with E-state index in [0.29, 0.717) is 6.61 Å². The van der Waals surface area contributed by atoms with Crippen molar-refractivity contribution in [1.82, 2.24) is 15.3 Å². The highest BCUT2D eigenvalue weighted by Gasteiger charge is 2.04. The molecule has 16 heavy (non-hydrogen) atoms. The van der Waals surface area contributed by atoms with Crippen molar-refractivity contribution in [2.45, 2.75) is 6.54 Å². The lowest BCUT2D eigenvalue weighted by atomic mass is 10.3. The summed E-state index contributed by atoms with van der Waals surface area (Å²) in [7, 11) is 1.69. The number of H-pyrrole nitrogens is 1. The number of hydrogen-bond donors (Lipinski definition) is 2. The highest BCUT2D eigenvalue weighted by atomic mass is 35.5. The summed E-state index contributed by atoms with van der Waals surface area (Å²) in [6, 6.07) is 3.81. The Morgan fingerprint density at radius 1 is 1.56 bits per heavy atom. The molecule has 0 aliphatic heterocycles. The first-order chi connectivity index (χ1) is 7.81. The number of methoxy groups -OCH3 is 1. The second-order valence-corrected chi connectivity index (χ2v) is 3.93. The van der Waals surface area contributed by atoms with Crippen molar-refractivity contribution in [2.24, 2.45) is 0 Å². The molecular formula is C11H14ClN3O. The normalized spacial score (nSPS) is 11.1. The summed E-state index contributed by atoms with van der Waals surface area (Å²) < 4.78 is 4.95. The fourth-order valence-corrected chi connectivity index (χ4v) is 1.74. The van der Waals surface area contributed by atoms with Crippen molar-refractivity contribution in [2.75, 3.05) is 20.3 Å². The first-order valence-corrected chi connectivity index (χ1v) is 5.51. The molecule has 4 nitrogen and oxygen atoms in total. The average molecular weight is 240 g/mol. The summed E-state index contributed by atoms with van der Waals surface area (Å²) >= 11 is 6.05. The van der Waals surface area contributed by atoms with Gasteiger partial charge in [-0.25, -0.2) is 4.98 Å². The number of rotatable bonds is 5. The van der Waals surface area contributed by atoms with Crippen LogP contribution in [0.4, 0.5) is 0 Å². The summed E-state index contributed by atoms with van der Waals surface area (Å²) in [6.07, 6.45) is 1.70. The lowest BCUT2D eigenvalue weighted by Crippen LogP contribution is -2.18. The molecule has 2 aromatic heterocycles. The maximum atomic E-state index is 6.05. The van der Waals surface area contributed by atoms with Crippen molar-refractivity contribution in [3.8, 4) is 0 Å². The van der Waals surface area contributed by atoms with Crippen LogP contribution in [0.5, 0.6) is 0 Å². The molecule has 0 fully saturated rings. The minimum atomic E-state index is 0.708. The molecule has 0 amide bonds. The number of nitrogens with zero attached hydrogens (tertiary/aromatic N) is 1. The predicted molar refractivity (Wildman–Crippen MR) is 64.7 cm³/mol. The smallest absolute Gasteiger partial charge is 0.138 e. The number of aromatic amines is 1. The van der Waals surface area contributed by atoms with Gasteiger partial charge >= 0.3 is 0 Å². The van der Waals surface area contributed by atoms with E-state index < -0.39 is 0 Å². The van der Waals surface area contributed by atoms with Crippen molar-refractivity contribution >= 4 is 22.6 Å². The van der Waals surface area contributed by atoms with Gasteiger partial charge in [0.1, 0.15) is 5.65 Å². The Bertz CT molecular complexity index is 469. The number of aromatic nitrogens is 2. The van der Waals surface area contributed by atoms with Crippen LogP contribution in [0.3, 0.4) is 0 Å². The maximum absolute atomic E-state index is 6.05. The number of halogens is 1. The molecule has 0 aromatic carbocycles. The molecule has 0 saturated heterocycles. The van der Waals surface area contributed by atoms with Gasteiger partial charge in [0.2, 0.25) is 0 Å². The molecular weight excluding hydrogens is 226 g/mol. The molecule has 0 aliphatic carbocycles. The largest absolute Gasteiger partial charge is 0.383 e. The van der Waals surface area contributed by atoms with Crippen LogP contribution in [0.15, 0.2) is 18.3 Å². The first kappa shape index (κ1) is 11.4. The third-order valence-corrected chi connectivity index (χ3v) is 2.66. The van der Waals surface area contributed by atoms with Gasteiger partial charge in [0, 0.05) is 37.5 Å². The summed E-state index contributed by atoms with van der Waals surface area (Å²) in [5.41, 5.74) is 1.91. The lowest BCUT2D eigenvalue weighted by Gasteiger charge is -2.00. The average Bonchev–Trinajstić information content (AvgIpc) is 2.69. The maximum Gasteiger partial charge on any atom is 0.138 e. The minimum absolute atomic E-state index is 0.708.